The first-order valence-corrected chi connectivity index (χ1v) is 4.63. The summed E-state index contributed by atoms with van der Waals surface area (Å²) in [5, 5.41) is 8.95. The Morgan fingerprint density at radius 1 is 1.25 bits per heavy atom. The Kier molecular flexibility index (Phi) is 2.52. The average Bonchev–Trinajstić information content (AvgIpc) is 2.33. The molecule has 0 bridgehead atoms. The second-order valence-corrected chi connectivity index (χ2v) is 3.22. The Balaban J connectivity index is 2.75. The van der Waals surface area contributed by atoms with Crippen LogP contribution in [-0.2, 0) is 0 Å². The number of nitriles is 1. The molecule has 0 saturated heterocycles. The van der Waals surface area contributed by atoms with E-state index in [1.807, 2.05) is 12.1 Å². The van der Waals surface area contributed by atoms with Crippen molar-refractivity contribution in [2.24, 2.45) is 0 Å². The van der Waals surface area contributed by atoms with Crippen molar-refractivity contribution >= 4 is 5.82 Å². The number of halogens is 1. The smallest absolute Gasteiger partial charge is 0.150 e. The molecule has 2 aromatic rings. The molecule has 0 atom stereocenters. The van der Waals surface area contributed by atoms with E-state index in [1.165, 1.54) is 0 Å². The Labute approximate surface area is 92.0 Å². The van der Waals surface area contributed by atoms with Gasteiger partial charge in [-0.25, -0.2) is 9.37 Å². The van der Waals surface area contributed by atoms with E-state index in [-0.39, 0.29) is 16.9 Å². The van der Waals surface area contributed by atoms with E-state index in [4.69, 9.17) is 11.0 Å². The van der Waals surface area contributed by atoms with E-state index in [0.29, 0.717) is 5.56 Å². The van der Waals surface area contributed by atoms with Crippen LogP contribution in [0.5, 0.6) is 0 Å². The van der Waals surface area contributed by atoms with Crippen molar-refractivity contribution in [1.29, 1.82) is 5.26 Å². The molecular formula is C12H8FN3. The number of benzene rings is 1. The zero-order valence-electron chi connectivity index (χ0n) is 8.31. The Morgan fingerprint density at radius 2 is 1.94 bits per heavy atom. The van der Waals surface area contributed by atoms with Crippen LogP contribution in [0.3, 0.4) is 0 Å². The number of pyridine rings is 1. The van der Waals surface area contributed by atoms with Crippen LogP contribution in [0.4, 0.5) is 10.2 Å². The summed E-state index contributed by atoms with van der Waals surface area (Å²) in [6, 6.07) is 10.7. The second-order valence-electron chi connectivity index (χ2n) is 3.22. The molecule has 78 valence electrons. The molecule has 1 aromatic heterocycles. The second kappa shape index (κ2) is 3.99. The lowest BCUT2D eigenvalue weighted by molar-refractivity contribution is 0.625. The molecule has 0 fully saturated rings. The van der Waals surface area contributed by atoms with Gasteiger partial charge in [0, 0.05) is 5.56 Å². The van der Waals surface area contributed by atoms with Crippen LogP contribution >= 0.6 is 0 Å². The van der Waals surface area contributed by atoms with Crippen LogP contribution in [0.1, 0.15) is 5.56 Å². The molecule has 4 heteroatoms. The Hall–Kier alpha value is -2.41. The van der Waals surface area contributed by atoms with Gasteiger partial charge in [-0.15, -0.1) is 0 Å². The van der Waals surface area contributed by atoms with Gasteiger partial charge in [-0.2, -0.15) is 5.26 Å². The summed E-state index contributed by atoms with van der Waals surface area (Å²) in [7, 11) is 0. The molecule has 0 unspecified atom stereocenters. The minimum Gasteiger partial charge on any atom is -0.383 e. The van der Waals surface area contributed by atoms with Crippen LogP contribution in [0.15, 0.2) is 36.5 Å². The van der Waals surface area contributed by atoms with E-state index < -0.39 is 5.82 Å². The van der Waals surface area contributed by atoms with Gasteiger partial charge in [0.15, 0.2) is 5.82 Å². The molecule has 0 aliphatic carbocycles. The monoisotopic (exact) mass is 213 g/mol. The van der Waals surface area contributed by atoms with Crippen molar-refractivity contribution in [3.8, 4) is 17.2 Å². The van der Waals surface area contributed by atoms with Crippen molar-refractivity contribution < 1.29 is 4.39 Å². The lowest BCUT2D eigenvalue weighted by Gasteiger charge is -2.06. The van der Waals surface area contributed by atoms with Gasteiger partial charge in [-0.05, 0) is 5.56 Å². The topological polar surface area (TPSA) is 62.7 Å². The molecular weight excluding hydrogens is 205 g/mol. The number of nitrogens with zero attached hydrogens (tertiary/aromatic N) is 2. The molecule has 2 rings (SSSR count). The number of hydrogen-bond acceptors (Lipinski definition) is 3. The molecule has 1 heterocycles. The summed E-state index contributed by atoms with van der Waals surface area (Å²) in [6.07, 6.45) is 1.03. The van der Waals surface area contributed by atoms with Crippen molar-refractivity contribution in [1.82, 2.24) is 4.98 Å². The van der Waals surface area contributed by atoms with E-state index in [0.717, 1.165) is 6.20 Å². The fraction of sp³-hybridized carbons (Fsp3) is 0. The maximum atomic E-state index is 13.6. The third-order valence-corrected chi connectivity index (χ3v) is 2.24. The van der Waals surface area contributed by atoms with Crippen LogP contribution in [0, 0.1) is 17.1 Å². The van der Waals surface area contributed by atoms with Gasteiger partial charge >= 0.3 is 0 Å². The van der Waals surface area contributed by atoms with E-state index in [2.05, 4.69) is 4.98 Å². The van der Waals surface area contributed by atoms with Crippen LogP contribution in [-0.4, -0.2) is 4.98 Å². The summed E-state index contributed by atoms with van der Waals surface area (Å²) in [5.41, 5.74) is 6.43. The quantitative estimate of drug-likeness (QED) is 0.790. The highest BCUT2D eigenvalue weighted by Gasteiger charge is 2.14. The zero-order chi connectivity index (χ0) is 11.5. The lowest BCUT2D eigenvalue weighted by atomic mass is 10.0. The SMILES string of the molecule is N#Cc1c(N)ncc(F)c1-c1ccccc1. The van der Waals surface area contributed by atoms with Gasteiger partial charge in [0.2, 0.25) is 0 Å². The summed E-state index contributed by atoms with van der Waals surface area (Å²) in [6.45, 7) is 0. The summed E-state index contributed by atoms with van der Waals surface area (Å²) >= 11 is 0. The highest BCUT2D eigenvalue weighted by atomic mass is 19.1. The van der Waals surface area contributed by atoms with E-state index >= 15 is 0 Å². The normalized spacial score (nSPS) is 9.75. The van der Waals surface area contributed by atoms with Gasteiger partial charge in [0.05, 0.1) is 6.20 Å². The molecule has 0 saturated carbocycles. The fourth-order valence-electron chi connectivity index (χ4n) is 1.50. The summed E-state index contributed by atoms with van der Waals surface area (Å²) in [4.78, 5) is 3.62. The number of nitrogen functional groups attached to an aromatic ring is 1. The molecule has 0 spiro atoms. The molecule has 0 radical (unpaired) electrons. The highest BCUT2D eigenvalue weighted by Crippen LogP contribution is 2.28. The van der Waals surface area contributed by atoms with Gasteiger partial charge in [-0.1, -0.05) is 30.3 Å². The molecule has 16 heavy (non-hydrogen) atoms. The Bertz CT molecular complexity index is 558. The third-order valence-electron chi connectivity index (χ3n) is 2.24. The summed E-state index contributed by atoms with van der Waals surface area (Å²) < 4.78 is 13.6. The number of nitrogens with two attached hydrogens (primary N) is 1. The first kappa shape index (κ1) is 10.1. The van der Waals surface area contributed by atoms with Crippen molar-refractivity contribution in [3.05, 3.63) is 47.9 Å². The maximum Gasteiger partial charge on any atom is 0.150 e. The average molecular weight is 213 g/mol. The van der Waals surface area contributed by atoms with Crippen molar-refractivity contribution in [2.75, 3.05) is 5.73 Å². The number of anilines is 1. The number of aromatic nitrogens is 1. The molecule has 1 aromatic carbocycles. The maximum absolute atomic E-state index is 13.6. The predicted molar refractivity (Wildman–Crippen MR) is 58.8 cm³/mol. The van der Waals surface area contributed by atoms with Crippen LogP contribution < -0.4 is 5.73 Å². The third kappa shape index (κ3) is 1.59. The first-order chi connectivity index (χ1) is 7.74. The number of rotatable bonds is 1. The van der Waals surface area contributed by atoms with Crippen molar-refractivity contribution in [2.45, 2.75) is 0 Å². The standard InChI is InChI=1S/C12H8FN3/c13-10-7-16-12(15)9(6-14)11(10)8-4-2-1-3-5-8/h1-5,7H,(H2,15,16). The minimum atomic E-state index is -0.544. The molecule has 2 N–H and O–H groups in total. The largest absolute Gasteiger partial charge is 0.383 e. The van der Waals surface area contributed by atoms with Crippen molar-refractivity contribution in [3.63, 3.8) is 0 Å². The first-order valence-electron chi connectivity index (χ1n) is 4.63. The molecule has 0 amide bonds. The lowest BCUT2D eigenvalue weighted by Crippen LogP contribution is -1.99. The number of hydrogen-bond donors (Lipinski definition) is 1. The molecule has 3 nitrogen and oxygen atoms in total. The van der Waals surface area contributed by atoms with Gasteiger partial charge < -0.3 is 5.73 Å². The van der Waals surface area contributed by atoms with E-state index in [9.17, 15) is 4.39 Å². The predicted octanol–water partition coefficient (Wildman–Crippen LogP) is 2.34. The van der Waals surface area contributed by atoms with E-state index in [1.54, 1.807) is 24.3 Å². The van der Waals surface area contributed by atoms with Gasteiger partial charge in [0.25, 0.3) is 0 Å². The van der Waals surface area contributed by atoms with Gasteiger partial charge in [-0.3, -0.25) is 0 Å². The highest BCUT2D eigenvalue weighted by molar-refractivity contribution is 5.75. The minimum absolute atomic E-state index is 0.0442. The summed E-state index contributed by atoms with van der Waals surface area (Å²) in [5.74, 6) is -0.500. The van der Waals surface area contributed by atoms with Crippen LogP contribution in [0.25, 0.3) is 11.1 Å². The van der Waals surface area contributed by atoms with Crippen LogP contribution in [0.2, 0.25) is 0 Å². The molecule has 0 aliphatic heterocycles. The molecule has 0 aliphatic rings. The fourth-order valence-corrected chi connectivity index (χ4v) is 1.50. The van der Waals surface area contributed by atoms with Gasteiger partial charge in [0.1, 0.15) is 17.5 Å². The zero-order valence-corrected chi connectivity index (χ0v) is 8.31. The Morgan fingerprint density at radius 3 is 2.56 bits per heavy atom.